The molecular formula is C15H32N2O4. The molecule has 21 heavy (non-hydrogen) atoms. The van der Waals surface area contributed by atoms with Crippen LogP contribution in [0.4, 0.5) is 0 Å². The Balaban J connectivity index is 0. The average Bonchev–Trinajstić information content (AvgIpc) is 2.39. The maximum Gasteiger partial charge on any atom is 0.216 e. The quantitative estimate of drug-likeness (QED) is 0.600. The average molecular weight is 304 g/mol. The Morgan fingerprint density at radius 3 is 1.90 bits per heavy atom. The minimum absolute atomic E-state index is 0.00379. The molecule has 0 saturated carbocycles. The first-order chi connectivity index (χ1) is 9.90. The van der Waals surface area contributed by atoms with Gasteiger partial charge < -0.3 is 20.1 Å². The van der Waals surface area contributed by atoms with E-state index < -0.39 is 0 Å². The van der Waals surface area contributed by atoms with E-state index in [-0.39, 0.29) is 17.9 Å². The van der Waals surface area contributed by atoms with Gasteiger partial charge in [0.25, 0.3) is 0 Å². The van der Waals surface area contributed by atoms with Gasteiger partial charge in [-0.15, -0.1) is 0 Å². The van der Waals surface area contributed by atoms with Gasteiger partial charge in [0.1, 0.15) is 0 Å². The Morgan fingerprint density at radius 1 is 0.952 bits per heavy atom. The van der Waals surface area contributed by atoms with Crippen LogP contribution < -0.4 is 10.6 Å². The smallest absolute Gasteiger partial charge is 0.216 e. The van der Waals surface area contributed by atoms with Crippen molar-refractivity contribution in [2.24, 2.45) is 0 Å². The van der Waals surface area contributed by atoms with Crippen molar-refractivity contribution in [2.75, 3.05) is 32.9 Å². The van der Waals surface area contributed by atoms with Crippen LogP contribution in [0.5, 0.6) is 0 Å². The van der Waals surface area contributed by atoms with Gasteiger partial charge in [-0.05, 0) is 20.3 Å². The lowest BCUT2D eigenvalue weighted by molar-refractivity contribution is -0.120. The number of carbonyl (C=O) groups is 2. The standard InChI is InChI=1S/C8H17NO2.C7H15NO2/c1-3-4-6-11-7-5-9-8(2)10;1-6(2)10-5-4-8-7(3)9/h3-7H2,1-2H3,(H,9,10);6H,4-5H2,1-3H3,(H,8,9). The van der Waals surface area contributed by atoms with Crippen molar-refractivity contribution in [3.63, 3.8) is 0 Å². The van der Waals surface area contributed by atoms with Gasteiger partial charge in [0.15, 0.2) is 0 Å². The molecule has 0 saturated heterocycles. The molecule has 0 aliphatic rings. The van der Waals surface area contributed by atoms with Gasteiger partial charge in [0, 0.05) is 33.5 Å². The summed E-state index contributed by atoms with van der Waals surface area (Å²) in [5, 5.41) is 5.30. The maximum atomic E-state index is 10.4. The van der Waals surface area contributed by atoms with Crippen LogP contribution in [0.3, 0.4) is 0 Å². The highest BCUT2D eigenvalue weighted by atomic mass is 16.5. The second-order valence-corrected chi connectivity index (χ2v) is 4.85. The topological polar surface area (TPSA) is 76.7 Å². The summed E-state index contributed by atoms with van der Waals surface area (Å²) in [6, 6.07) is 0. The molecule has 0 heterocycles. The fourth-order valence-corrected chi connectivity index (χ4v) is 1.17. The minimum Gasteiger partial charge on any atom is -0.380 e. The van der Waals surface area contributed by atoms with Crippen molar-refractivity contribution < 1.29 is 19.1 Å². The third-order valence-corrected chi connectivity index (χ3v) is 2.19. The number of carbonyl (C=O) groups excluding carboxylic acids is 2. The molecule has 0 unspecified atom stereocenters. The normalized spacial score (nSPS) is 9.81. The molecule has 2 N–H and O–H groups in total. The summed E-state index contributed by atoms with van der Waals surface area (Å²) in [5.41, 5.74) is 0. The Morgan fingerprint density at radius 2 is 1.48 bits per heavy atom. The van der Waals surface area contributed by atoms with E-state index in [2.05, 4.69) is 17.6 Å². The fourth-order valence-electron chi connectivity index (χ4n) is 1.17. The van der Waals surface area contributed by atoms with Crippen LogP contribution in [0.25, 0.3) is 0 Å². The molecule has 126 valence electrons. The minimum atomic E-state index is -0.00708. The number of nitrogens with one attached hydrogen (secondary N) is 2. The molecule has 6 nitrogen and oxygen atoms in total. The van der Waals surface area contributed by atoms with Crippen LogP contribution in [0, 0.1) is 0 Å². The molecule has 0 aromatic heterocycles. The molecule has 0 spiro atoms. The van der Waals surface area contributed by atoms with Crippen molar-refractivity contribution in [1.82, 2.24) is 10.6 Å². The van der Waals surface area contributed by atoms with Gasteiger partial charge in [-0.3, -0.25) is 9.59 Å². The zero-order valence-corrected chi connectivity index (χ0v) is 14.2. The van der Waals surface area contributed by atoms with Crippen LogP contribution in [0.2, 0.25) is 0 Å². The van der Waals surface area contributed by atoms with E-state index in [4.69, 9.17) is 9.47 Å². The Bertz CT molecular complexity index is 258. The van der Waals surface area contributed by atoms with Crippen molar-refractivity contribution >= 4 is 11.8 Å². The third-order valence-electron chi connectivity index (χ3n) is 2.19. The highest BCUT2D eigenvalue weighted by molar-refractivity contribution is 5.73. The second-order valence-electron chi connectivity index (χ2n) is 4.85. The van der Waals surface area contributed by atoms with E-state index in [9.17, 15) is 9.59 Å². The predicted octanol–water partition coefficient (Wildman–Crippen LogP) is 1.49. The number of amides is 2. The van der Waals surface area contributed by atoms with E-state index in [0.717, 1.165) is 19.4 Å². The summed E-state index contributed by atoms with van der Waals surface area (Å²) in [7, 11) is 0. The van der Waals surface area contributed by atoms with E-state index in [1.54, 1.807) is 0 Å². The van der Waals surface area contributed by atoms with Crippen molar-refractivity contribution in [3.05, 3.63) is 0 Å². The second kappa shape index (κ2) is 16.9. The molecule has 6 heteroatoms. The molecule has 0 rings (SSSR count). The summed E-state index contributed by atoms with van der Waals surface area (Å²) in [6.07, 6.45) is 2.49. The van der Waals surface area contributed by atoms with Crippen LogP contribution >= 0.6 is 0 Å². The number of ether oxygens (including phenoxy) is 2. The lowest BCUT2D eigenvalue weighted by Crippen LogP contribution is -2.25. The van der Waals surface area contributed by atoms with Gasteiger partial charge in [0.2, 0.25) is 11.8 Å². The van der Waals surface area contributed by atoms with E-state index in [1.807, 2.05) is 13.8 Å². The van der Waals surface area contributed by atoms with Gasteiger partial charge >= 0.3 is 0 Å². The van der Waals surface area contributed by atoms with E-state index in [0.29, 0.717) is 26.3 Å². The van der Waals surface area contributed by atoms with Crippen LogP contribution in [-0.4, -0.2) is 50.8 Å². The first kappa shape index (κ1) is 22.1. The zero-order valence-electron chi connectivity index (χ0n) is 14.2. The van der Waals surface area contributed by atoms with Gasteiger partial charge in [-0.2, -0.15) is 0 Å². The summed E-state index contributed by atoms with van der Waals surface area (Å²) in [5.74, 6) is -0.00329. The maximum absolute atomic E-state index is 10.4. The van der Waals surface area contributed by atoms with Crippen molar-refractivity contribution in [3.8, 4) is 0 Å². The first-order valence-electron chi connectivity index (χ1n) is 7.58. The highest BCUT2D eigenvalue weighted by Gasteiger charge is 1.93. The van der Waals surface area contributed by atoms with Crippen LogP contribution in [-0.2, 0) is 19.1 Å². The lowest BCUT2D eigenvalue weighted by Gasteiger charge is -2.06. The monoisotopic (exact) mass is 304 g/mol. The predicted molar refractivity (Wildman–Crippen MR) is 84.2 cm³/mol. The molecule has 0 aliphatic carbocycles. The molecule has 0 aromatic carbocycles. The molecule has 0 atom stereocenters. The van der Waals surface area contributed by atoms with Gasteiger partial charge in [0.05, 0.1) is 19.3 Å². The zero-order chi connectivity index (χ0) is 16.5. The fraction of sp³-hybridized carbons (Fsp3) is 0.867. The van der Waals surface area contributed by atoms with E-state index >= 15 is 0 Å². The summed E-state index contributed by atoms with van der Waals surface area (Å²) < 4.78 is 10.4. The summed E-state index contributed by atoms with van der Waals surface area (Å²) in [6.45, 7) is 12.3. The lowest BCUT2D eigenvalue weighted by atomic mass is 10.4. The SMILES string of the molecule is CC(=O)NCCOC(C)C.CCCCOCCNC(C)=O. The number of rotatable bonds is 10. The molecule has 0 aromatic rings. The molecule has 2 amide bonds. The first-order valence-corrected chi connectivity index (χ1v) is 7.58. The van der Waals surface area contributed by atoms with Crippen molar-refractivity contribution in [2.45, 2.75) is 53.6 Å². The van der Waals surface area contributed by atoms with Gasteiger partial charge in [-0.1, -0.05) is 13.3 Å². The highest BCUT2D eigenvalue weighted by Crippen LogP contribution is 1.86. The Kier molecular flexibility index (Phi) is 17.8. The third kappa shape index (κ3) is 27.9. The number of unbranched alkanes of at least 4 members (excludes halogenated alkanes) is 1. The summed E-state index contributed by atoms with van der Waals surface area (Å²) in [4.78, 5) is 20.7. The molecular weight excluding hydrogens is 272 g/mol. The van der Waals surface area contributed by atoms with Crippen LogP contribution in [0.15, 0.2) is 0 Å². The molecule has 0 radical (unpaired) electrons. The number of hydrogen-bond donors (Lipinski definition) is 2. The van der Waals surface area contributed by atoms with Crippen molar-refractivity contribution in [1.29, 1.82) is 0 Å². The molecule has 0 fully saturated rings. The van der Waals surface area contributed by atoms with Crippen LogP contribution in [0.1, 0.15) is 47.5 Å². The number of hydrogen-bond acceptors (Lipinski definition) is 4. The van der Waals surface area contributed by atoms with E-state index in [1.165, 1.54) is 13.8 Å². The molecule has 0 bridgehead atoms. The Hall–Kier alpha value is -1.14. The largest absolute Gasteiger partial charge is 0.380 e. The Labute approximate surface area is 129 Å². The van der Waals surface area contributed by atoms with Gasteiger partial charge in [-0.25, -0.2) is 0 Å². The summed E-state index contributed by atoms with van der Waals surface area (Å²) >= 11 is 0. The molecule has 0 aliphatic heterocycles.